The molecule has 8 nitrogen and oxygen atoms in total. The lowest BCUT2D eigenvalue weighted by Gasteiger charge is -2.29. The van der Waals surface area contributed by atoms with Crippen LogP contribution in [0.3, 0.4) is 0 Å². The van der Waals surface area contributed by atoms with E-state index in [1.54, 1.807) is 29.2 Å². The maximum atomic E-state index is 12.2. The van der Waals surface area contributed by atoms with Gasteiger partial charge in [-0.2, -0.15) is 0 Å². The third-order valence-electron chi connectivity index (χ3n) is 5.48. The molecule has 1 aromatic rings. The van der Waals surface area contributed by atoms with Crippen molar-refractivity contribution in [1.29, 1.82) is 0 Å². The molecule has 2 aliphatic rings. The summed E-state index contributed by atoms with van der Waals surface area (Å²) in [7, 11) is 0. The Balaban J connectivity index is 1.47. The quantitative estimate of drug-likeness (QED) is 0.737. The van der Waals surface area contributed by atoms with E-state index in [1.807, 2.05) is 0 Å². The largest absolute Gasteiger partial charge is 0.452 e. The van der Waals surface area contributed by atoms with Crippen LogP contribution in [0.4, 0.5) is 10.5 Å². The van der Waals surface area contributed by atoms with E-state index in [0.29, 0.717) is 24.6 Å². The van der Waals surface area contributed by atoms with E-state index in [0.717, 1.165) is 32.1 Å². The summed E-state index contributed by atoms with van der Waals surface area (Å²) in [6.07, 6.45) is 5.45. The van der Waals surface area contributed by atoms with Crippen molar-refractivity contribution in [2.24, 2.45) is 5.92 Å². The highest BCUT2D eigenvalue weighted by atomic mass is 16.5. The second-order valence-electron chi connectivity index (χ2n) is 7.67. The predicted octanol–water partition coefficient (Wildman–Crippen LogP) is 2.37. The first-order valence-electron chi connectivity index (χ1n) is 10.1. The number of ether oxygens (including phenoxy) is 1. The van der Waals surface area contributed by atoms with Gasteiger partial charge in [0.15, 0.2) is 6.61 Å². The first-order chi connectivity index (χ1) is 13.9. The van der Waals surface area contributed by atoms with Gasteiger partial charge in [-0.25, -0.2) is 9.59 Å². The van der Waals surface area contributed by atoms with Gasteiger partial charge in [-0.05, 0) is 43.4 Å². The Labute approximate surface area is 170 Å². The molecule has 1 saturated carbocycles. The zero-order valence-corrected chi connectivity index (χ0v) is 16.6. The van der Waals surface area contributed by atoms with Crippen LogP contribution in [0.15, 0.2) is 24.3 Å². The smallest absolute Gasteiger partial charge is 0.338 e. The van der Waals surface area contributed by atoms with E-state index in [9.17, 15) is 19.2 Å². The number of benzene rings is 1. The van der Waals surface area contributed by atoms with Crippen molar-refractivity contribution >= 4 is 29.5 Å². The summed E-state index contributed by atoms with van der Waals surface area (Å²) < 4.78 is 5.01. The van der Waals surface area contributed by atoms with Crippen molar-refractivity contribution in [2.45, 2.75) is 51.5 Å². The minimum Gasteiger partial charge on any atom is -0.452 e. The van der Waals surface area contributed by atoms with Crippen LogP contribution < -0.4 is 15.5 Å². The van der Waals surface area contributed by atoms with Gasteiger partial charge in [0, 0.05) is 24.7 Å². The van der Waals surface area contributed by atoms with Crippen molar-refractivity contribution in [3.05, 3.63) is 29.8 Å². The summed E-state index contributed by atoms with van der Waals surface area (Å²) in [5.41, 5.74) is 0.878. The lowest BCUT2D eigenvalue weighted by Crippen LogP contribution is -2.48. The number of nitrogens with one attached hydrogen (secondary N) is 2. The Bertz CT molecular complexity index is 794. The molecule has 0 aromatic heterocycles. The van der Waals surface area contributed by atoms with Gasteiger partial charge < -0.3 is 15.0 Å². The zero-order chi connectivity index (χ0) is 20.8. The standard InChI is InChI=1S/C21H27N3O5/c1-14-6-2-3-9-17(14)22-21(28)23-18(25)13-29-20(27)15-7-4-8-16(12-15)24-11-5-10-19(24)26/h4,7-8,12,14,17H,2-3,5-6,9-11,13H2,1H3,(H2,22,23,25,28)/t14-,17+/m0/s1. The molecule has 156 valence electrons. The third-order valence-corrected chi connectivity index (χ3v) is 5.48. The van der Waals surface area contributed by atoms with Crippen molar-refractivity contribution in [2.75, 3.05) is 18.1 Å². The second-order valence-corrected chi connectivity index (χ2v) is 7.67. The number of hydrogen-bond acceptors (Lipinski definition) is 5. The molecule has 1 aliphatic carbocycles. The van der Waals surface area contributed by atoms with Gasteiger partial charge in [0.1, 0.15) is 0 Å². The van der Waals surface area contributed by atoms with Crippen molar-refractivity contribution < 1.29 is 23.9 Å². The molecule has 2 fully saturated rings. The first-order valence-corrected chi connectivity index (χ1v) is 10.1. The Hall–Kier alpha value is -2.90. The first kappa shape index (κ1) is 20.8. The Morgan fingerprint density at radius 3 is 2.69 bits per heavy atom. The number of nitrogens with zero attached hydrogens (tertiary/aromatic N) is 1. The van der Waals surface area contributed by atoms with Gasteiger partial charge in [-0.15, -0.1) is 0 Å². The molecule has 3 rings (SSSR count). The monoisotopic (exact) mass is 401 g/mol. The average Bonchev–Trinajstić information content (AvgIpc) is 3.14. The van der Waals surface area contributed by atoms with Gasteiger partial charge in [-0.1, -0.05) is 25.8 Å². The Morgan fingerprint density at radius 2 is 1.97 bits per heavy atom. The van der Waals surface area contributed by atoms with Crippen LogP contribution in [0.25, 0.3) is 0 Å². The van der Waals surface area contributed by atoms with Crippen LogP contribution in [-0.4, -0.2) is 43.0 Å². The topological polar surface area (TPSA) is 105 Å². The molecule has 2 N–H and O–H groups in total. The van der Waals surface area contributed by atoms with E-state index in [1.165, 1.54) is 0 Å². The number of urea groups is 1. The molecule has 1 saturated heterocycles. The van der Waals surface area contributed by atoms with Crippen LogP contribution in [0, 0.1) is 5.92 Å². The van der Waals surface area contributed by atoms with Crippen molar-refractivity contribution in [3.8, 4) is 0 Å². The summed E-state index contributed by atoms with van der Waals surface area (Å²) in [6.45, 7) is 2.14. The summed E-state index contributed by atoms with van der Waals surface area (Å²) in [6, 6.07) is 6.02. The number of amides is 4. The lowest BCUT2D eigenvalue weighted by molar-refractivity contribution is -0.123. The number of anilines is 1. The Morgan fingerprint density at radius 1 is 1.17 bits per heavy atom. The zero-order valence-electron chi connectivity index (χ0n) is 16.6. The molecule has 0 bridgehead atoms. The fourth-order valence-corrected chi connectivity index (χ4v) is 3.83. The van der Waals surface area contributed by atoms with Gasteiger partial charge in [0.05, 0.1) is 5.56 Å². The van der Waals surface area contributed by atoms with Crippen molar-refractivity contribution in [1.82, 2.24) is 10.6 Å². The van der Waals surface area contributed by atoms with Crippen LogP contribution in [-0.2, 0) is 14.3 Å². The SMILES string of the molecule is C[C@H]1CCCC[C@H]1NC(=O)NC(=O)COC(=O)c1cccc(N2CCCC2=O)c1. The van der Waals surface area contributed by atoms with Gasteiger partial charge in [0.2, 0.25) is 5.91 Å². The lowest BCUT2D eigenvalue weighted by atomic mass is 9.86. The Kier molecular flexibility index (Phi) is 6.85. The fourth-order valence-electron chi connectivity index (χ4n) is 3.83. The number of imide groups is 1. The molecule has 1 aromatic carbocycles. The van der Waals surface area contributed by atoms with E-state index >= 15 is 0 Å². The van der Waals surface area contributed by atoms with Gasteiger partial charge in [-0.3, -0.25) is 14.9 Å². The van der Waals surface area contributed by atoms with E-state index < -0.39 is 24.5 Å². The molecule has 0 radical (unpaired) electrons. The number of rotatable bonds is 5. The third kappa shape index (κ3) is 5.56. The molecular weight excluding hydrogens is 374 g/mol. The molecule has 29 heavy (non-hydrogen) atoms. The molecule has 8 heteroatoms. The summed E-state index contributed by atoms with van der Waals surface area (Å²) in [5.74, 6) is -0.981. The summed E-state index contributed by atoms with van der Waals surface area (Å²) in [4.78, 5) is 49.6. The molecular formula is C21H27N3O5. The van der Waals surface area contributed by atoms with E-state index in [-0.39, 0.29) is 17.5 Å². The highest BCUT2D eigenvalue weighted by molar-refractivity contribution is 5.99. The highest BCUT2D eigenvalue weighted by Crippen LogP contribution is 2.24. The second kappa shape index (κ2) is 9.54. The normalized spacial score (nSPS) is 21.6. The average molecular weight is 401 g/mol. The predicted molar refractivity (Wildman–Crippen MR) is 106 cm³/mol. The number of carbonyl (C=O) groups is 4. The minimum absolute atomic E-state index is 0.0215. The summed E-state index contributed by atoms with van der Waals surface area (Å²) in [5, 5.41) is 5.01. The van der Waals surface area contributed by atoms with E-state index in [4.69, 9.17) is 4.74 Å². The van der Waals surface area contributed by atoms with Gasteiger partial charge >= 0.3 is 12.0 Å². The fraction of sp³-hybridized carbons (Fsp3) is 0.524. The number of esters is 1. The van der Waals surface area contributed by atoms with Crippen LogP contribution >= 0.6 is 0 Å². The molecule has 0 unspecified atom stereocenters. The van der Waals surface area contributed by atoms with Crippen LogP contribution in [0.1, 0.15) is 55.8 Å². The van der Waals surface area contributed by atoms with Crippen LogP contribution in [0.5, 0.6) is 0 Å². The molecule has 2 atom stereocenters. The van der Waals surface area contributed by atoms with Crippen molar-refractivity contribution in [3.63, 3.8) is 0 Å². The number of hydrogen-bond donors (Lipinski definition) is 2. The van der Waals surface area contributed by atoms with Gasteiger partial charge in [0.25, 0.3) is 5.91 Å². The molecule has 4 amide bonds. The molecule has 1 aliphatic heterocycles. The van der Waals surface area contributed by atoms with Crippen LogP contribution in [0.2, 0.25) is 0 Å². The maximum absolute atomic E-state index is 12.2. The molecule has 1 heterocycles. The number of carbonyl (C=O) groups excluding carboxylic acids is 4. The minimum atomic E-state index is -0.690. The van der Waals surface area contributed by atoms with E-state index in [2.05, 4.69) is 17.6 Å². The summed E-state index contributed by atoms with van der Waals surface area (Å²) >= 11 is 0. The molecule has 0 spiro atoms. The highest BCUT2D eigenvalue weighted by Gasteiger charge is 2.24. The maximum Gasteiger partial charge on any atom is 0.338 e.